The molecule has 0 aliphatic rings. The maximum absolute atomic E-state index is 8.93. The first kappa shape index (κ1) is 13.0. The number of ether oxygens (including phenoxy) is 1. The van der Waals surface area contributed by atoms with Crippen LogP contribution in [0, 0.1) is 28.6 Å². The first-order chi connectivity index (χ1) is 8.21. The fraction of sp³-hybridized carbons (Fsp3) is 0.385. The standard InChI is InChI=1S/C13H15N3O/c1-10(6-14)8-16-9-11-3-4-13(17-2)12(5-11)7-15/h3-5,10,16H,8-9H2,1-2H3. The van der Waals surface area contributed by atoms with Crippen LogP contribution >= 0.6 is 0 Å². The maximum Gasteiger partial charge on any atom is 0.136 e. The first-order valence-corrected chi connectivity index (χ1v) is 5.38. The van der Waals surface area contributed by atoms with E-state index in [1.165, 1.54) is 0 Å². The van der Waals surface area contributed by atoms with Crippen LogP contribution in [0.1, 0.15) is 18.1 Å². The summed E-state index contributed by atoms with van der Waals surface area (Å²) < 4.78 is 5.07. The monoisotopic (exact) mass is 229 g/mol. The summed E-state index contributed by atoms with van der Waals surface area (Å²) in [6.07, 6.45) is 0. The van der Waals surface area contributed by atoms with Gasteiger partial charge in [-0.1, -0.05) is 6.07 Å². The molecule has 1 aromatic rings. The van der Waals surface area contributed by atoms with Crippen molar-refractivity contribution in [2.75, 3.05) is 13.7 Å². The minimum atomic E-state index is -0.0105. The molecular formula is C13H15N3O. The van der Waals surface area contributed by atoms with Gasteiger partial charge in [0.15, 0.2) is 0 Å². The molecule has 0 aliphatic heterocycles. The molecule has 0 bridgehead atoms. The van der Waals surface area contributed by atoms with Gasteiger partial charge in [-0.3, -0.25) is 0 Å². The average Bonchev–Trinajstić information content (AvgIpc) is 2.38. The van der Waals surface area contributed by atoms with E-state index in [0.29, 0.717) is 24.4 Å². The first-order valence-electron chi connectivity index (χ1n) is 5.38. The SMILES string of the molecule is COc1ccc(CNCC(C)C#N)cc1C#N. The minimum Gasteiger partial charge on any atom is -0.495 e. The van der Waals surface area contributed by atoms with E-state index in [1.54, 1.807) is 19.2 Å². The minimum absolute atomic E-state index is 0.0105. The van der Waals surface area contributed by atoms with Crippen LogP contribution in [-0.4, -0.2) is 13.7 Å². The van der Waals surface area contributed by atoms with Crippen molar-refractivity contribution < 1.29 is 4.74 Å². The topological polar surface area (TPSA) is 68.8 Å². The zero-order valence-corrected chi connectivity index (χ0v) is 10.0. The summed E-state index contributed by atoms with van der Waals surface area (Å²) in [7, 11) is 1.54. The summed E-state index contributed by atoms with van der Waals surface area (Å²) in [6.45, 7) is 3.15. The van der Waals surface area contributed by atoms with Gasteiger partial charge in [-0.2, -0.15) is 10.5 Å². The Kier molecular flexibility index (Phi) is 5.00. The molecule has 0 amide bonds. The lowest BCUT2D eigenvalue weighted by Gasteiger charge is -2.08. The van der Waals surface area contributed by atoms with Crippen LogP contribution in [0.4, 0.5) is 0 Å². The fourth-order valence-corrected chi connectivity index (χ4v) is 1.43. The lowest BCUT2D eigenvalue weighted by Crippen LogP contribution is -2.19. The van der Waals surface area contributed by atoms with E-state index in [4.69, 9.17) is 15.3 Å². The van der Waals surface area contributed by atoms with E-state index < -0.39 is 0 Å². The number of nitrogens with one attached hydrogen (secondary N) is 1. The molecule has 0 aromatic heterocycles. The fourth-order valence-electron chi connectivity index (χ4n) is 1.43. The average molecular weight is 229 g/mol. The third kappa shape index (κ3) is 3.79. The van der Waals surface area contributed by atoms with Crippen molar-refractivity contribution in [3.05, 3.63) is 29.3 Å². The van der Waals surface area contributed by atoms with Crippen LogP contribution in [0.5, 0.6) is 5.75 Å². The Morgan fingerprint density at radius 2 is 2.18 bits per heavy atom. The lowest BCUT2D eigenvalue weighted by atomic mass is 10.1. The van der Waals surface area contributed by atoms with Gasteiger partial charge in [-0.15, -0.1) is 0 Å². The van der Waals surface area contributed by atoms with Crippen LogP contribution in [0.3, 0.4) is 0 Å². The molecule has 17 heavy (non-hydrogen) atoms. The van der Waals surface area contributed by atoms with Gasteiger partial charge in [0.05, 0.1) is 24.7 Å². The van der Waals surface area contributed by atoms with Crippen molar-refractivity contribution in [1.82, 2.24) is 5.32 Å². The van der Waals surface area contributed by atoms with Gasteiger partial charge in [0.2, 0.25) is 0 Å². The van der Waals surface area contributed by atoms with Crippen molar-refractivity contribution in [3.8, 4) is 17.9 Å². The summed E-state index contributed by atoms with van der Waals surface area (Å²) in [5, 5.41) is 20.7. The van der Waals surface area contributed by atoms with Crippen molar-refractivity contribution in [2.24, 2.45) is 5.92 Å². The van der Waals surface area contributed by atoms with Gasteiger partial charge in [-0.25, -0.2) is 0 Å². The molecule has 0 fully saturated rings. The van der Waals surface area contributed by atoms with Crippen molar-refractivity contribution in [3.63, 3.8) is 0 Å². The Hall–Kier alpha value is -2.04. The Morgan fingerprint density at radius 3 is 2.76 bits per heavy atom. The molecule has 4 heteroatoms. The van der Waals surface area contributed by atoms with Crippen LogP contribution in [0.25, 0.3) is 0 Å². The predicted molar refractivity (Wildman–Crippen MR) is 64.2 cm³/mol. The Morgan fingerprint density at radius 1 is 1.41 bits per heavy atom. The second kappa shape index (κ2) is 6.52. The van der Waals surface area contributed by atoms with Crippen LogP contribution in [0.2, 0.25) is 0 Å². The van der Waals surface area contributed by atoms with Gasteiger partial charge in [0, 0.05) is 13.1 Å². The van der Waals surface area contributed by atoms with Crippen LogP contribution in [-0.2, 0) is 6.54 Å². The van der Waals surface area contributed by atoms with E-state index in [1.807, 2.05) is 13.0 Å². The molecule has 1 aromatic carbocycles. The zero-order chi connectivity index (χ0) is 12.7. The second-order valence-corrected chi connectivity index (χ2v) is 3.81. The molecule has 0 radical (unpaired) electrons. The highest BCUT2D eigenvalue weighted by Crippen LogP contribution is 2.18. The summed E-state index contributed by atoms with van der Waals surface area (Å²) in [4.78, 5) is 0. The van der Waals surface area contributed by atoms with E-state index in [-0.39, 0.29) is 5.92 Å². The van der Waals surface area contributed by atoms with Gasteiger partial charge in [0.1, 0.15) is 11.8 Å². The van der Waals surface area contributed by atoms with Crippen LogP contribution < -0.4 is 10.1 Å². The Labute approximate surface area is 101 Å². The number of nitrogens with zero attached hydrogens (tertiary/aromatic N) is 2. The highest BCUT2D eigenvalue weighted by Gasteiger charge is 2.04. The molecular weight excluding hydrogens is 214 g/mol. The van der Waals surface area contributed by atoms with Crippen molar-refractivity contribution in [1.29, 1.82) is 10.5 Å². The molecule has 0 spiro atoms. The highest BCUT2D eigenvalue weighted by molar-refractivity contribution is 5.45. The Bertz CT molecular complexity index is 457. The van der Waals surface area contributed by atoms with E-state index in [0.717, 1.165) is 5.56 Å². The van der Waals surface area contributed by atoms with E-state index in [2.05, 4.69) is 17.5 Å². The van der Waals surface area contributed by atoms with E-state index in [9.17, 15) is 0 Å². The molecule has 0 heterocycles. The van der Waals surface area contributed by atoms with Gasteiger partial charge in [0.25, 0.3) is 0 Å². The third-order valence-electron chi connectivity index (χ3n) is 2.38. The molecule has 0 aliphatic carbocycles. The largest absolute Gasteiger partial charge is 0.495 e. The maximum atomic E-state index is 8.93. The molecule has 4 nitrogen and oxygen atoms in total. The Balaban J connectivity index is 2.62. The summed E-state index contributed by atoms with van der Waals surface area (Å²) >= 11 is 0. The van der Waals surface area contributed by atoms with Gasteiger partial charge in [-0.05, 0) is 24.6 Å². The molecule has 1 atom stereocenters. The predicted octanol–water partition coefficient (Wildman–Crippen LogP) is 1.82. The number of benzene rings is 1. The molecule has 88 valence electrons. The number of rotatable bonds is 5. The second-order valence-electron chi connectivity index (χ2n) is 3.81. The van der Waals surface area contributed by atoms with Gasteiger partial charge >= 0.3 is 0 Å². The highest BCUT2D eigenvalue weighted by atomic mass is 16.5. The number of hydrogen-bond acceptors (Lipinski definition) is 4. The van der Waals surface area contributed by atoms with Crippen molar-refractivity contribution >= 4 is 0 Å². The number of methoxy groups -OCH3 is 1. The summed E-state index contributed by atoms with van der Waals surface area (Å²) in [6, 6.07) is 9.73. The molecule has 0 saturated carbocycles. The number of hydrogen-bond donors (Lipinski definition) is 1. The summed E-state index contributed by atoms with van der Waals surface area (Å²) in [5.41, 5.74) is 1.53. The lowest BCUT2D eigenvalue weighted by molar-refractivity contribution is 0.413. The smallest absolute Gasteiger partial charge is 0.136 e. The van der Waals surface area contributed by atoms with Crippen LogP contribution in [0.15, 0.2) is 18.2 Å². The van der Waals surface area contributed by atoms with E-state index >= 15 is 0 Å². The normalized spacial score (nSPS) is 11.3. The number of nitriles is 2. The molecule has 1 N–H and O–H groups in total. The van der Waals surface area contributed by atoms with Gasteiger partial charge < -0.3 is 10.1 Å². The summed E-state index contributed by atoms with van der Waals surface area (Å²) in [5.74, 6) is 0.574. The van der Waals surface area contributed by atoms with Crippen molar-refractivity contribution in [2.45, 2.75) is 13.5 Å². The quantitative estimate of drug-likeness (QED) is 0.836. The molecule has 1 unspecified atom stereocenters. The zero-order valence-electron chi connectivity index (χ0n) is 10.0. The third-order valence-corrected chi connectivity index (χ3v) is 2.38. The molecule has 0 saturated heterocycles. The molecule has 1 rings (SSSR count).